The highest BCUT2D eigenvalue weighted by atomic mass is 16.5. The van der Waals surface area contributed by atoms with Crippen molar-refractivity contribution in [3.8, 4) is 11.5 Å². The molecule has 8 heteroatoms. The molecule has 2 amide bonds. The van der Waals surface area contributed by atoms with Crippen LogP contribution < -0.4 is 30.5 Å². The van der Waals surface area contributed by atoms with E-state index in [1.54, 1.807) is 25.3 Å². The van der Waals surface area contributed by atoms with Gasteiger partial charge in [-0.25, -0.2) is 10.4 Å². The third-order valence-electron chi connectivity index (χ3n) is 6.87. The highest BCUT2D eigenvalue weighted by Crippen LogP contribution is 2.40. The van der Waals surface area contributed by atoms with E-state index >= 15 is 0 Å². The van der Waals surface area contributed by atoms with Crippen molar-refractivity contribution in [3.05, 3.63) is 82.9 Å². The van der Waals surface area contributed by atoms with E-state index in [1.165, 1.54) is 5.56 Å². The average molecular weight is 487 g/mol. The first-order chi connectivity index (χ1) is 17.5. The number of rotatable bonds is 7. The normalized spacial score (nSPS) is 18.2. The molecule has 0 radical (unpaired) electrons. The second kappa shape index (κ2) is 9.91. The van der Waals surface area contributed by atoms with Crippen LogP contribution in [0.15, 0.2) is 60.7 Å². The molecule has 1 fully saturated rings. The lowest BCUT2D eigenvalue weighted by Crippen LogP contribution is -2.35. The summed E-state index contributed by atoms with van der Waals surface area (Å²) < 4.78 is 10.6. The SMILES string of the molecule is CCc1ccc(N2NC3c4cc(C(=O)NCc5ccc(OC)c(OC)c5)ccc4NCC3C2=O)cc1. The standard InChI is InChI=1S/C28H30N4O4/c1-4-17-5-9-20(10-6-17)32-28(34)22-16-29-23-11-8-19(14-21(23)26(22)31-32)27(33)30-15-18-7-12-24(35-2)25(13-18)36-3/h5-14,22,26,29,31H,4,15-16H2,1-3H3,(H,30,33). The quantitative estimate of drug-likeness (QED) is 0.470. The monoisotopic (exact) mass is 486 g/mol. The number of hydrogen-bond acceptors (Lipinski definition) is 6. The molecule has 5 rings (SSSR count). The largest absolute Gasteiger partial charge is 0.493 e. The predicted molar refractivity (Wildman–Crippen MR) is 138 cm³/mol. The van der Waals surface area contributed by atoms with Gasteiger partial charge in [-0.1, -0.05) is 25.1 Å². The van der Waals surface area contributed by atoms with Crippen molar-refractivity contribution in [2.24, 2.45) is 5.92 Å². The molecule has 2 atom stereocenters. The lowest BCUT2D eigenvalue weighted by molar-refractivity contribution is -0.120. The minimum Gasteiger partial charge on any atom is -0.493 e. The molecule has 2 unspecified atom stereocenters. The van der Waals surface area contributed by atoms with E-state index in [-0.39, 0.29) is 23.8 Å². The molecule has 0 saturated carbocycles. The summed E-state index contributed by atoms with van der Waals surface area (Å²) in [4.78, 5) is 26.2. The summed E-state index contributed by atoms with van der Waals surface area (Å²) in [6, 6.07) is 18.9. The zero-order valence-electron chi connectivity index (χ0n) is 20.6. The van der Waals surface area contributed by atoms with E-state index in [0.717, 1.165) is 28.9 Å². The molecule has 0 aliphatic carbocycles. The molecule has 186 valence electrons. The molecule has 2 aliphatic rings. The number of anilines is 2. The second-order valence-corrected chi connectivity index (χ2v) is 8.96. The third-order valence-corrected chi connectivity index (χ3v) is 6.87. The van der Waals surface area contributed by atoms with Crippen LogP contribution in [-0.4, -0.2) is 32.6 Å². The molecule has 0 bridgehead atoms. The van der Waals surface area contributed by atoms with Gasteiger partial charge in [-0.2, -0.15) is 0 Å². The van der Waals surface area contributed by atoms with Gasteiger partial charge < -0.3 is 20.1 Å². The molecule has 1 saturated heterocycles. The Kier molecular flexibility index (Phi) is 6.52. The molecule has 3 aromatic carbocycles. The number of methoxy groups -OCH3 is 2. The Hall–Kier alpha value is -4.04. The predicted octanol–water partition coefficient (Wildman–Crippen LogP) is 3.83. The number of nitrogens with one attached hydrogen (secondary N) is 3. The smallest absolute Gasteiger partial charge is 0.251 e. The van der Waals surface area contributed by atoms with Gasteiger partial charge in [-0.05, 0) is 65.6 Å². The molecule has 0 spiro atoms. The summed E-state index contributed by atoms with van der Waals surface area (Å²) in [6.45, 7) is 2.99. The molecular formula is C28H30N4O4. The number of fused-ring (bicyclic) bond motifs is 3. The van der Waals surface area contributed by atoms with Crippen LogP contribution in [0.5, 0.6) is 11.5 Å². The highest BCUT2D eigenvalue weighted by Gasteiger charge is 2.44. The lowest BCUT2D eigenvalue weighted by atomic mass is 9.88. The van der Waals surface area contributed by atoms with Gasteiger partial charge in [0.1, 0.15) is 0 Å². The van der Waals surface area contributed by atoms with Gasteiger partial charge in [-0.15, -0.1) is 0 Å². The van der Waals surface area contributed by atoms with Gasteiger partial charge in [0.15, 0.2) is 11.5 Å². The lowest BCUT2D eigenvalue weighted by Gasteiger charge is -2.27. The van der Waals surface area contributed by atoms with Crippen LogP contribution in [0.1, 0.15) is 40.0 Å². The van der Waals surface area contributed by atoms with Crippen LogP contribution in [0.3, 0.4) is 0 Å². The van der Waals surface area contributed by atoms with E-state index in [0.29, 0.717) is 30.2 Å². The maximum absolute atomic E-state index is 13.2. The van der Waals surface area contributed by atoms with E-state index in [4.69, 9.17) is 9.47 Å². The fourth-order valence-electron chi connectivity index (χ4n) is 4.79. The molecule has 2 heterocycles. The zero-order chi connectivity index (χ0) is 25.2. The Bertz CT molecular complexity index is 1290. The first-order valence-electron chi connectivity index (χ1n) is 12.1. The summed E-state index contributed by atoms with van der Waals surface area (Å²) in [7, 11) is 3.17. The topological polar surface area (TPSA) is 91.9 Å². The fraction of sp³-hybridized carbons (Fsp3) is 0.286. The van der Waals surface area contributed by atoms with Gasteiger partial charge in [0.25, 0.3) is 5.91 Å². The Morgan fingerprint density at radius 1 is 1.00 bits per heavy atom. The van der Waals surface area contributed by atoms with Crippen LogP contribution in [0.2, 0.25) is 0 Å². The Morgan fingerprint density at radius 3 is 2.47 bits per heavy atom. The number of hydrogen-bond donors (Lipinski definition) is 3. The average Bonchev–Trinajstić information content (AvgIpc) is 3.27. The van der Waals surface area contributed by atoms with Crippen LogP contribution in [-0.2, 0) is 17.8 Å². The Balaban J connectivity index is 1.32. The van der Waals surface area contributed by atoms with Crippen molar-refractivity contribution in [1.29, 1.82) is 0 Å². The number of amides is 2. The number of hydrazine groups is 1. The van der Waals surface area contributed by atoms with Crippen LogP contribution in [0.4, 0.5) is 11.4 Å². The minimum atomic E-state index is -0.256. The van der Waals surface area contributed by atoms with E-state index in [9.17, 15) is 9.59 Å². The third kappa shape index (κ3) is 4.35. The second-order valence-electron chi connectivity index (χ2n) is 8.96. The van der Waals surface area contributed by atoms with E-state index < -0.39 is 0 Å². The maximum Gasteiger partial charge on any atom is 0.251 e. The van der Waals surface area contributed by atoms with E-state index in [2.05, 4.69) is 23.0 Å². The molecule has 36 heavy (non-hydrogen) atoms. The van der Waals surface area contributed by atoms with Crippen LogP contribution >= 0.6 is 0 Å². The van der Waals surface area contributed by atoms with Crippen molar-refractivity contribution in [2.45, 2.75) is 25.9 Å². The van der Waals surface area contributed by atoms with Crippen molar-refractivity contribution < 1.29 is 19.1 Å². The fourth-order valence-corrected chi connectivity index (χ4v) is 4.79. The van der Waals surface area contributed by atoms with Crippen molar-refractivity contribution in [3.63, 3.8) is 0 Å². The van der Waals surface area contributed by atoms with Gasteiger partial charge in [0, 0.05) is 24.3 Å². The Labute approximate surface area is 210 Å². The summed E-state index contributed by atoms with van der Waals surface area (Å²) in [6.07, 6.45) is 0.945. The van der Waals surface area contributed by atoms with Crippen LogP contribution in [0.25, 0.3) is 0 Å². The minimum absolute atomic E-state index is 0.0192. The number of carbonyl (C=O) groups is 2. The van der Waals surface area contributed by atoms with E-state index in [1.807, 2.05) is 54.6 Å². The summed E-state index contributed by atoms with van der Waals surface area (Å²) in [5.74, 6) is 0.824. The first kappa shape index (κ1) is 23.7. The van der Waals surface area contributed by atoms with Gasteiger partial charge >= 0.3 is 0 Å². The van der Waals surface area contributed by atoms with Crippen molar-refractivity contribution >= 4 is 23.2 Å². The zero-order valence-corrected chi connectivity index (χ0v) is 20.6. The summed E-state index contributed by atoms with van der Waals surface area (Å²) in [5.41, 5.74) is 8.69. The van der Waals surface area contributed by atoms with Crippen LogP contribution in [0, 0.1) is 5.92 Å². The number of aryl methyl sites for hydroxylation is 1. The van der Waals surface area contributed by atoms with Crippen molar-refractivity contribution in [1.82, 2.24) is 10.7 Å². The number of benzene rings is 3. The van der Waals surface area contributed by atoms with Gasteiger partial charge in [0.2, 0.25) is 5.91 Å². The Morgan fingerprint density at radius 2 is 1.75 bits per heavy atom. The van der Waals surface area contributed by atoms with Gasteiger partial charge in [-0.3, -0.25) is 9.59 Å². The number of ether oxygens (including phenoxy) is 2. The summed E-state index contributed by atoms with van der Waals surface area (Å²) in [5, 5.41) is 7.96. The molecule has 3 N–H and O–H groups in total. The molecule has 0 aromatic heterocycles. The first-order valence-corrected chi connectivity index (χ1v) is 12.1. The van der Waals surface area contributed by atoms with Gasteiger partial charge in [0.05, 0.1) is 31.9 Å². The molecule has 2 aliphatic heterocycles. The highest BCUT2D eigenvalue weighted by molar-refractivity contribution is 5.99. The molecule has 8 nitrogen and oxygen atoms in total. The summed E-state index contributed by atoms with van der Waals surface area (Å²) >= 11 is 0. The molecule has 3 aromatic rings. The maximum atomic E-state index is 13.2. The number of nitrogens with zero attached hydrogens (tertiary/aromatic N) is 1. The van der Waals surface area contributed by atoms with Crippen molar-refractivity contribution in [2.75, 3.05) is 31.1 Å². The number of carbonyl (C=O) groups excluding carboxylic acids is 2. The molecular weight excluding hydrogens is 456 g/mol.